The topological polar surface area (TPSA) is 56.1 Å². The third-order valence-electron chi connectivity index (χ3n) is 6.30. The molecule has 0 radical (unpaired) electrons. The Morgan fingerprint density at radius 3 is 2.43 bits per heavy atom. The number of amides is 1. The Labute approximate surface area is 179 Å². The molecule has 0 spiro atoms. The summed E-state index contributed by atoms with van der Waals surface area (Å²) in [7, 11) is 0. The van der Waals surface area contributed by atoms with E-state index in [-0.39, 0.29) is 5.91 Å². The van der Waals surface area contributed by atoms with E-state index in [0.29, 0.717) is 12.5 Å². The van der Waals surface area contributed by atoms with Crippen LogP contribution in [0.2, 0.25) is 0 Å². The molecule has 4 rings (SSSR count). The van der Waals surface area contributed by atoms with Crippen molar-refractivity contribution in [2.24, 2.45) is 5.92 Å². The number of carbonyl (C=O) groups excluding carboxylic acids is 1. The highest BCUT2D eigenvalue weighted by Gasteiger charge is 2.23. The number of rotatable bonds is 8. The zero-order valence-electron chi connectivity index (χ0n) is 17.6. The number of likely N-dealkylation sites (tertiary alicyclic amines) is 1. The summed E-state index contributed by atoms with van der Waals surface area (Å²) in [6, 6.07) is 19.5. The van der Waals surface area contributed by atoms with Gasteiger partial charge in [0, 0.05) is 19.0 Å². The highest BCUT2D eigenvalue weighted by atomic mass is 16.1. The SMILES string of the molecule is N#Cc1cccc(CN2CCC(Cc3ccc(CCC(=O)NC4CC4)cc3)CC2)c1. The van der Waals surface area contributed by atoms with Crippen LogP contribution in [0.15, 0.2) is 48.5 Å². The van der Waals surface area contributed by atoms with Gasteiger partial charge >= 0.3 is 0 Å². The van der Waals surface area contributed by atoms with Crippen LogP contribution in [-0.4, -0.2) is 29.9 Å². The summed E-state index contributed by atoms with van der Waals surface area (Å²) < 4.78 is 0. The van der Waals surface area contributed by atoms with Gasteiger partial charge in [0.05, 0.1) is 11.6 Å². The largest absolute Gasteiger partial charge is 0.353 e. The molecule has 1 amide bonds. The van der Waals surface area contributed by atoms with E-state index in [1.807, 2.05) is 18.2 Å². The van der Waals surface area contributed by atoms with E-state index < -0.39 is 0 Å². The van der Waals surface area contributed by atoms with Gasteiger partial charge in [0.2, 0.25) is 5.91 Å². The minimum atomic E-state index is 0.188. The minimum absolute atomic E-state index is 0.188. The fourth-order valence-electron chi connectivity index (χ4n) is 4.31. The molecule has 156 valence electrons. The minimum Gasteiger partial charge on any atom is -0.353 e. The van der Waals surface area contributed by atoms with Gasteiger partial charge in [-0.25, -0.2) is 0 Å². The normalized spacial score (nSPS) is 17.4. The van der Waals surface area contributed by atoms with Crippen LogP contribution in [0.5, 0.6) is 0 Å². The second-order valence-electron chi connectivity index (χ2n) is 8.89. The zero-order valence-corrected chi connectivity index (χ0v) is 17.6. The molecule has 1 heterocycles. The van der Waals surface area contributed by atoms with Crippen molar-refractivity contribution in [3.05, 3.63) is 70.8 Å². The molecule has 30 heavy (non-hydrogen) atoms. The number of carbonyl (C=O) groups is 1. The lowest BCUT2D eigenvalue weighted by Crippen LogP contribution is -2.33. The van der Waals surface area contributed by atoms with Crippen LogP contribution in [0.4, 0.5) is 0 Å². The molecule has 2 fully saturated rings. The van der Waals surface area contributed by atoms with Crippen molar-refractivity contribution in [3.63, 3.8) is 0 Å². The maximum Gasteiger partial charge on any atom is 0.220 e. The van der Waals surface area contributed by atoms with Gasteiger partial charge in [0.15, 0.2) is 0 Å². The van der Waals surface area contributed by atoms with Crippen LogP contribution >= 0.6 is 0 Å². The van der Waals surface area contributed by atoms with E-state index in [2.05, 4.69) is 46.6 Å². The maximum absolute atomic E-state index is 11.8. The maximum atomic E-state index is 11.8. The molecule has 1 aliphatic carbocycles. The Hall–Kier alpha value is -2.64. The Morgan fingerprint density at radius 2 is 1.73 bits per heavy atom. The summed E-state index contributed by atoms with van der Waals surface area (Å²) in [5.41, 5.74) is 4.63. The fraction of sp³-hybridized carbons (Fsp3) is 0.462. The van der Waals surface area contributed by atoms with E-state index >= 15 is 0 Å². The van der Waals surface area contributed by atoms with Crippen LogP contribution in [0.25, 0.3) is 0 Å². The Bertz CT molecular complexity index is 887. The summed E-state index contributed by atoms with van der Waals surface area (Å²) in [4.78, 5) is 14.3. The Kier molecular flexibility index (Phi) is 6.81. The predicted octanol–water partition coefficient (Wildman–Crippen LogP) is 4.22. The predicted molar refractivity (Wildman–Crippen MR) is 119 cm³/mol. The second kappa shape index (κ2) is 9.91. The van der Waals surface area contributed by atoms with Crippen LogP contribution in [0, 0.1) is 17.2 Å². The van der Waals surface area contributed by atoms with Crippen molar-refractivity contribution in [1.29, 1.82) is 5.26 Å². The monoisotopic (exact) mass is 401 g/mol. The molecule has 4 heteroatoms. The van der Waals surface area contributed by atoms with Crippen molar-refractivity contribution in [2.75, 3.05) is 13.1 Å². The third-order valence-corrected chi connectivity index (χ3v) is 6.30. The quantitative estimate of drug-likeness (QED) is 0.720. The number of aryl methyl sites for hydroxylation is 1. The molecule has 1 saturated heterocycles. The first-order valence-electron chi connectivity index (χ1n) is 11.3. The van der Waals surface area contributed by atoms with E-state index in [9.17, 15) is 4.79 Å². The summed E-state index contributed by atoms with van der Waals surface area (Å²) in [5, 5.41) is 12.1. The standard InChI is InChI=1S/C26H31N3O/c27-18-23-2-1-3-24(17-23)19-29-14-12-22(13-15-29)16-21-6-4-20(5-7-21)8-11-26(30)28-25-9-10-25/h1-7,17,22,25H,8-16,19H2,(H,28,30). The molecule has 0 unspecified atom stereocenters. The lowest BCUT2D eigenvalue weighted by atomic mass is 9.89. The lowest BCUT2D eigenvalue weighted by Gasteiger charge is -2.32. The molecule has 2 aliphatic rings. The number of benzene rings is 2. The van der Waals surface area contributed by atoms with E-state index in [4.69, 9.17) is 5.26 Å². The van der Waals surface area contributed by atoms with Crippen molar-refractivity contribution in [3.8, 4) is 6.07 Å². The molecule has 1 aliphatic heterocycles. The first-order valence-corrected chi connectivity index (χ1v) is 11.3. The van der Waals surface area contributed by atoms with Crippen molar-refractivity contribution >= 4 is 5.91 Å². The third kappa shape index (κ3) is 6.18. The number of hydrogen-bond acceptors (Lipinski definition) is 3. The molecule has 0 aromatic heterocycles. The van der Waals surface area contributed by atoms with Crippen molar-refractivity contribution < 1.29 is 4.79 Å². The summed E-state index contributed by atoms with van der Waals surface area (Å²) in [6.45, 7) is 3.18. The zero-order chi connectivity index (χ0) is 20.8. The summed E-state index contributed by atoms with van der Waals surface area (Å²) in [6.07, 6.45) is 7.29. The van der Waals surface area contributed by atoms with Gasteiger partial charge in [-0.1, -0.05) is 36.4 Å². The number of nitrogens with zero attached hydrogens (tertiary/aromatic N) is 2. The molecule has 2 aromatic rings. The average Bonchev–Trinajstić information content (AvgIpc) is 3.59. The van der Waals surface area contributed by atoms with Crippen molar-refractivity contribution in [2.45, 2.75) is 57.5 Å². The molecular formula is C26H31N3O. The van der Waals surface area contributed by atoms with Gasteiger partial charge < -0.3 is 5.32 Å². The lowest BCUT2D eigenvalue weighted by molar-refractivity contribution is -0.121. The number of nitrogens with one attached hydrogen (secondary N) is 1. The smallest absolute Gasteiger partial charge is 0.220 e. The van der Waals surface area contributed by atoms with E-state index in [0.717, 1.165) is 56.8 Å². The van der Waals surface area contributed by atoms with Gasteiger partial charge in [-0.3, -0.25) is 9.69 Å². The van der Waals surface area contributed by atoms with Gasteiger partial charge in [0.25, 0.3) is 0 Å². The Morgan fingerprint density at radius 1 is 1.00 bits per heavy atom. The Balaban J connectivity index is 1.19. The molecule has 1 N–H and O–H groups in total. The van der Waals surface area contributed by atoms with Crippen LogP contribution < -0.4 is 5.32 Å². The van der Waals surface area contributed by atoms with Gasteiger partial charge in [-0.05, 0) is 86.4 Å². The van der Waals surface area contributed by atoms with Crippen LogP contribution in [0.3, 0.4) is 0 Å². The van der Waals surface area contributed by atoms with Crippen molar-refractivity contribution in [1.82, 2.24) is 10.2 Å². The first-order chi connectivity index (χ1) is 14.7. The highest BCUT2D eigenvalue weighted by molar-refractivity contribution is 5.76. The molecule has 2 aromatic carbocycles. The highest BCUT2D eigenvalue weighted by Crippen LogP contribution is 2.23. The first kappa shape index (κ1) is 20.6. The molecule has 0 atom stereocenters. The van der Waals surface area contributed by atoms with E-state index in [1.165, 1.54) is 29.5 Å². The summed E-state index contributed by atoms with van der Waals surface area (Å²) >= 11 is 0. The van der Waals surface area contributed by atoms with Gasteiger partial charge in [0.1, 0.15) is 0 Å². The molecule has 1 saturated carbocycles. The molecule has 4 nitrogen and oxygen atoms in total. The second-order valence-corrected chi connectivity index (χ2v) is 8.89. The van der Waals surface area contributed by atoms with Crippen LogP contribution in [0.1, 0.15) is 54.4 Å². The number of piperidine rings is 1. The van der Waals surface area contributed by atoms with E-state index in [1.54, 1.807) is 0 Å². The van der Waals surface area contributed by atoms with Gasteiger partial charge in [-0.15, -0.1) is 0 Å². The van der Waals surface area contributed by atoms with Crippen LogP contribution in [-0.2, 0) is 24.2 Å². The molecule has 0 bridgehead atoms. The average molecular weight is 402 g/mol. The number of nitriles is 1. The number of hydrogen-bond donors (Lipinski definition) is 1. The molecular weight excluding hydrogens is 370 g/mol. The summed E-state index contributed by atoms with van der Waals surface area (Å²) in [5.74, 6) is 0.926. The fourth-order valence-corrected chi connectivity index (χ4v) is 4.31. The van der Waals surface area contributed by atoms with Gasteiger partial charge in [-0.2, -0.15) is 5.26 Å².